The van der Waals surface area contributed by atoms with Gasteiger partial charge in [-0.25, -0.2) is 11.0 Å². The minimum absolute atomic E-state index is 0.0265. The Balaban J connectivity index is 1.38. The van der Waals surface area contributed by atoms with Crippen molar-refractivity contribution in [2.45, 2.75) is 68.9 Å². The zero-order valence-corrected chi connectivity index (χ0v) is 13.3. The molecule has 5 heteroatoms. The van der Waals surface area contributed by atoms with Gasteiger partial charge in [0.25, 0.3) is 0 Å². The highest BCUT2D eigenvalue weighted by atomic mass is 19.1. The second-order valence-corrected chi connectivity index (χ2v) is 8.88. The fourth-order valence-corrected chi connectivity index (χ4v) is 6.74. The maximum absolute atomic E-state index is 14.8. The molecular weight excluding hydrogens is 293 g/mol. The number of carbonyl (C=O) groups excluding carboxylic acids is 1. The van der Waals surface area contributed by atoms with E-state index in [9.17, 15) is 9.18 Å². The van der Waals surface area contributed by atoms with Gasteiger partial charge in [0.15, 0.2) is 0 Å². The van der Waals surface area contributed by atoms with Crippen LogP contribution in [-0.4, -0.2) is 34.7 Å². The lowest BCUT2D eigenvalue weighted by molar-refractivity contribution is -0.147. The fraction of sp³-hybridized carbons (Fsp3) is 0.889. The molecule has 6 rings (SSSR count). The predicted molar refractivity (Wildman–Crippen MR) is 82.6 cm³/mol. The first-order valence-corrected chi connectivity index (χ1v) is 9.12. The number of amides is 1. The van der Waals surface area contributed by atoms with Gasteiger partial charge in [-0.2, -0.15) is 0 Å². The first kappa shape index (κ1) is 14.2. The van der Waals surface area contributed by atoms with E-state index < -0.39 is 11.7 Å². The summed E-state index contributed by atoms with van der Waals surface area (Å²) in [5.74, 6) is 1.68. The molecule has 1 amide bonds. The van der Waals surface area contributed by atoms with Gasteiger partial charge in [-0.3, -0.25) is 14.5 Å². The van der Waals surface area contributed by atoms with E-state index in [1.165, 1.54) is 0 Å². The molecule has 0 spiro atoms. The van der Waals surface area contributed by atoms with Crippen LogP contribution in [0.1, 0.15) is 44.9 Å². The number of alkyl halides is 1. The Labute approximate surface area is 136 Å². The van der Waals surface area contributed by atoms with Crippen molar-refractivity contribution in [3.63, 3.8) is 0 Å². The molecule has 3 unspecified atom stereocenters. The molecule has 2 N–H and O–H groups in total. The van der Waals surface area contributed by atoms with Gasteiger partial charge < -0.3 is 5.73 Å². The van der Waals surface area contributed by atoms with E-state index in [0.717, 1.165) is 32.1 Å². The molecule has 5 aliphatic carbocycles. The van der Waals surface area contributed by atoms with Gasteiger partial charge in [-0.05, 0) is 68.1 Å². The molecule has 6 fully saturated rings. The monoisotopic (exact) mass is 317 g/mol. The Morgan fingerprint density at radius 1 is 1.17 bits per heavy atom. The average molecular weight is 317 g/mol. The summed E-state index contributed by atoms with van der Waals surface area (Å²) in [6.07, 6.45) is 5.58. The summed E-state index contributed by atoms with van der Waals surface area (Å²) in [6.45, 7) is 7.34. The number of halogens is 1. The van der Waals surface area contributed by atoms with Crippen LogP contribution in [0.4, 0.5) is 4.39 Å². The van der Waals surface area contributed by atoms with Crippen molar-refractivity contribution in [3.05, 3.63) is 11.4 Å². The molecule has 0 aromatic heterocycles. The fourth-order valence-electron chi connectivity index (χ4n) is 6.74. The van der Waals surface area contributed by atoms with E-state index in [1.807, 2.05) is 0 Å². The summed E-state index contributed by atoms with van der Waals surface area (Å²) in [6, 6.07) is -0.269. The highest BCUT2D eigenvalue weighted by molar-refractivity contribution is 5.83. The molecule has 23 heavy (non-hydrogen) atoms. The average Bonchev–Trinajstić information content (AvgIpc) is 3.15. The predicted octanol–water partition coefficient (Wildman–Crippen LogP) is 2.34. The zero-order chi connectivity index (χ0) is 15.9. The van der Waals surface area contributed by atoms with Crippen molar-refractivity contribution < 1.29 is 9.18 Å². The van der Waals surface area contributed by atoms with Crippen molar-refractivity contribution in [1.29, 1.82) is 0 Å². The van der Waals surface area contributed by atoms with E-state index in [2.05, 4.69) is 4.85 Å². The van der Waals surface area contributed by atoms with Crippen molar-refractivity contribution in [2.24, 2.45) is 35.3 Å². The molecule has 6 atom stereocenters. The summed E-state index contributed by atoms with van der Waals surface area (Å²) in [7, 11) is 0. The van der Waals surface area contributed by atoms with Gasteiger partial charge in [0.1, 0.15) is 5.67 Å². The summed E-state index contributed by atoms with van der Waals surface area (Å²) in [4.78, 5) is 18.4. The molecular formula is C18H24FN3O. The largest absolute Gasteiger partial charge is 0.320 e. The Hall–Kier alpha value is -1.15. The van der Waals surface area contributed by atoms with E-state index >= 15 is 0 Å². The topological polar surface area (TPSA) is 50.7 Å². The van der Waals surface area contributed by atoms with Crippen molar-refractivity contribution in [1.82, 2.24) is 4.90 Å². The summed E-state index contributed by atoms with van der Waals surface area (Å²) >= 11 is 0. The number of carbonyl (C=O) groups is 1. The van der Waals surface area contributed by atoms with Gasteiger partial charge in [-0.15, -0.1) is 0 Å². The second kappa shape index (κ2) is 4.47. The standard InChI is InChI=1S/C18H24FN3O/c1-21-14-5-10-4-13(10)22(14)17(23)16(20)15-11-2-9-3-12(15)8-18(19,6-9)7-11/h9-16H,2-8,20H2/t9?,10-,11?,12?,13?,14-,15?,16-,18?/m0/s1. The third-order valence-electron chi connectivity index (χ3n) is 7.45. The van der Waals surface area contributed by atoms with Crippen molar-refractivity contribution in [2.75, 3.05) is 0 Å². The first-order valence-electron chi connectivity index (χ1n) is 9.12. The molecule has 0 aromatic rings. The Bertz CT molecular complexity index is 586. The third kappa shape index (κ3) is 1.94. The van der Waals surface area contributed by atoms with E-state index in [-0.39, 0.29) is 35.9 Å². The molecule has 6 aliphatic rings. The number of nitrogens with two attached hydrogens (primary N) is 1. The van der Waals surface area contributed by atoms with Crippen LogP contribution in [0.3, 0.4) is 0 Å². The summed E-state index contributed by atoms with van der Waals surface area (Å²) in [5, 5.41) is 0. The number of piperidine rings is 1. The molecule has 0 aromatic carbocycles. The van der Waals surface area contributed by atoms with Crippen LogP contribution in [-0.2, 0) is 4.79 Å². The number of rotatable bonds is 2. The van der Waals surface area contributed by atoms with Crippen LogP contribution in [0.25, 0.3) is 4.85 Å². The molecule has 4 bridgehead atoms. The number of likely N-dealkylation sites (tertiary alicyclic amines) is 1. The van der Waals surface area contributed by atoms with Crippen LogP contribution in [0.2, 0.25) is 0 Å². The maximum Gasteiger partial charge on any atom is 0.301 e. The lowest BCUT2D eigenvalue weighted by Gasteiger charge is -2.58. The minimum Gasteiger partial charge on any atom is -0.320 e. The Morgan fingerprint density at radius 2 is 1.87 bits per heavy atom. The number of hydrogen-bond donors (Lipinski definition) is 1. The number of nitrogens with zero attached hydrogens (tertiary/aromatic N) is 2. The summed E-state index contributed by atoms with van der Waals surface area (Å²) < 4.78 is 14.8. The van der Waals surface area contributed by atoms with Crippen molar-refractivity contribution in [3.8, 4) is 0 Å². The Kier molecular flexibility index (Phi) is 2.77. The Morgan fingerprint density at radius 3 is 2.48 bits per heavy atom. The van der Waals surface area contributed by atoms with Crippen LogP contribution >= 0.6 is 0 Å². The highest BCUT2D eigenvalue weighted by Gasteiger charge is 2.61. The quantitative estimate of drug-likeness (QED) is 0.795. The minimum atomic E-state index is -0.982. The number of hydrogen-bond acceptors (Lipinski definition) is 2. The molecule has 4 nitrogen and oxygen atoms in total. The molecule has 5 saturated carbocycles. The summed E-state index contributed by atoms with van der Waals surface area (Å²) in [5.41, 5.74) is 5.46. The van der Waals surface area contributed by atoms with Crippen LogP contribution in [0.15, 0.2) is 0 Å². The third-order valence-corrected chi connectivity index (χ3v) is 7.45. The molecule has 124 valence electrons. The second-order valence-electron chi connectivity index (χ2n) is 8.88. The molecule has 0 radical (unpaired) electrons. The lowest BCUT2D eigenvalue weighted by atomic mass is 9.49. The van der Waals surface area contributed by atoms with E-state index in [1.54, 1.807) is 4.90 Å². The molecule has 1 saturated heterocycles. The van der Waals surface area contributed by atoms with Gasteiger partial charge in [0.05, 0.1) is 6.04 Å². The maximum atomic E-state index is 14.8. The first-order chi connectivity index (χ1) is 11.0. The smallest absolute Gasteiger partial charge is 0.301 e. The SMILES string of the molecule is [C-]#[N+][C@@H]1C[C@@H]2CC2N1C(=O)[C@@H](N)C1C2CC3CC1CC(F)(C3)C2. The highest BCUT2D eigenvalue weighted by Crippen LogP contribution is 2.60. The zero-order valence-electron chi connectivity index (χ0n) is 13.3. The van der Waals surface area contributed by atoms with Gasteiger partial charge in [-0.1, -0.05) is 0 Å². The van der Waals surface area contributed by atoms with E-state index in [0.29, 0.717) is 24.7 Å². The van der Waals surface area contributed by atoms with Crippen LogP contribution in [0, 0.1) is 36.2 Å². The van der Waals surface area contributed by atoms with Crippen LogP contribution in [0.5, 0.6) is 0 Å². The van der Waals surface area contributed by atoms with Crippen LogP contribution < -0.4 is 5.73 Å². The van der Waals surface area contributed by atoms with Gasteiger partial charge in [0.2, 0.25) is 5.91 Å². The lowest BCUT2D eigenvalue weighted by Crippen LogP contribution is -2.60. The molecule has 1 aliphatic heterocycles. The van der Waals surface area contributed by atoms with Crippen molar-refractivity contribution >= 4 is 5.91 Å². The number of fused-ring (bicyclic) bond motifs is 1. The molecule has 1 heterocycles. The van der Waals surface area contributed by atoms with Gasteiger partial charge in [0, 0.05) is 12.5 Å². The van der Waals surface area contributed by atoms with Gasteiger partial charge >= 0.3 is 6.17 Å². The van der Waals surface area contributed by atoms with E-state index in [4.69, 9.17) is 12.3 Å². The normalized spacial score (nSPS) is 53.8.